The third kappa shape index (κ3) is 13.4. The van der Waals surface area contributed by atoms with Gasteiger partial charge in [-0.25, -0.2) is 4.98 Å². The lowest BCUT2D eigenvalue weighted by atomic mass is 10.1. The number of aromatic amines is 1. The third-order valence-electron chi connectivity index (χ3n) is 5.35. The molecule has 0 saturated heterocycles. The molecule has 0 bridgehead atoms. The number of carbonyl (C=O) groups is 5. The summed E-state index contributed by atoms with van der Waals surface area (Å²) in [5, 5.41) is 18.5. The van der Waals surface area contributed by atoms with Crippen LogP contribution in [0.1, 0.15) is 44.2 Å². The van der Waals surface area contributed by atoms with E-state index in [2.05, 4.69) is 31.2 Å². The summed E-state index contributed by atoms with van der Waals surface area (Å²) in [4.78, 5) is 67.6. The van der Waals surface area contributed by atoms with Crippen LogP contribution in [-0.4, -0.2) is 89.0 Å². The first-order valence-electron chi connectivity index (χ1n) is 12.2. The summed E-state index contributed by atoms with van der Waals surface area (Å²) in [6.45, 7) is -0.192. The highest BCUT2D eigenvalue weighted by atomic mass is 16.4. The van der Waals surface area contributed by atoms with Crippen molar-refractivity contribution in [2.75, 3.05) is 26.2 Å². The number of rotatable bonds is 19. The molecule has 37 heavy (non-hydrogen) atoms. The van der Waals surface area contributed by atoms with Crippen molar-refractivity contribution in [2.24, 2.45) is 17.2 Å². The first-order valence-corrected chi connectivity index (χ1v) is 12.2. The molecule has 0 aliphatic rings. The summed E-state index contributed by atoms with van der Waals surface area (Å²) in [6.07, 6.45) is 6.16. The number of carboxylic acids is 1. The Morgan fingerprint density at radius 2 is 1.49 bits per heavy atom. The van der Waals surface area contributed by atoms with Gasteiger partial charge in [0.15, 0.2) is 0 Å². The molecule has 1 aromatic rings. The van der Waals surface area contributed by atoms with Gasteiger partial charge in [0.2, 0.25) is 23.6 Å². The molecule has 0 aliphatic carbocycles. The number of aliphatic carboxylic acids is 1. The summed E-state index contributed by atoms with van der Waals surface area (Å²) >= 11 is 0. The molecule has 4 amide bonds. The quantitative estimate of drug-likeness (QED) is 0.0818. The largest absolute Gasteiger partial charge is 0.480 e. The van der Waals surface area contributed by atoms with Gasteiger partial charge < -0.3 is 48.6 Å². The van der Waals surface area contributed by atoms with Crippen molar-refractivity contribution in [3.63, 3.8) is 0 Å². The molecule has 12 N–H and O–H groups in total. The van der Waals surface area contributed by atoms with Crippen molar-refractivity contribution in [3.8, 4) is 0 Å². The third-order valence-corrected chi connectivity index (χ3v) is 5.35. The van der Waals surface area contributed by atoms with Gasteiger partial charge in [0.1, 0.15) is 18.6 Å². The van der Waals surface area contributed by atoms with Crippen LogP contribution in [0.25, 0.3) is 0 Å². The summed E-state index contributed by atoms with van der Waals surface area (Å²) < 4.78 is 0. The molecular formula is C22H39N9O6. The number of carboxylic acid groups (broad SMARTS) is 1. The highest BCUT2D eigenvalue weighted by Crippen LogP contribution is 2.03. The molecule has 1 rings (SSSR count). The number of hydrogen-bond acceptors (Lipinski definition) is 9. The molecule has 208 valence electrons. The molecule has 0 saturated carbocycles. The van der Waals surface area contributed by atoms with Crippen LogP contribution in [-0.2, 0) is 30.4 Å². The van der Waals surface area contributed by atoms with E-state index in [1.54, 1.807) is 0 Å². The molecule has 0 aromatic carbocycles. The number of imidazole rings is 1. The predicted octanol–water partition coefficient (Wildman–Crippen LogP) is -3.18. The average molecular weight is 526 g/mol. The maximum Gasteiger partial charge on any atom is 0.322 e. The number of hydrogen-bond donors (Lipinski definition) is 9. The standard InChI is InChI=1S/C22H39N9O6/c23-7-3-1-5-15(25)20(35)31-17(9-14-10-26-13-29-14)22(37)27-11-18(32)30-16(6-2-4-8-24)21(36)28-12-19(33)34/h10,13,15-17H,1-9,11-12,23-25H2,(H,26,29)(H,27,37)(H,28,36)(H,30,32)(H,31,35)(H,33,34). The molecule has 0 aliphatic heterocycles. The van der Waals surface area contributed by atoms with Gasteiger partial charge >= 0.3 is 5.97 Å². The second kappa shape index (κ2) is 17.8. The van der Waals surface area contributed by atoms with Gasteiger partial charge in [-0.2, -0.15) is 0 Å². The second-order valence-electron chi connectivity index (χ2n) is 8.47. The predicted molar refractivity (Wildman–Crippen MR) is 134 cm³/mol. The van der Waals surface area contributed by atoms with Crippen LogP contribution in [0.3, 0.4) is 0 Å². The van der Waals surface area contributed by atoms with Gasteiger partial charge in [0.25, 0.3) is 0 Å². The first kappa shape index (κ1) is 31.5. The van der Waals surface area contributed by atoms with Crippen LogP contribution in [0.5, 0.6) is 0 Å². The van der Waals surface area contributed by atoms with E-state index in [0.717, 1.165) is 6.42 Å². The van der Waals surface area contributed by atoms with Crippen molar-refractivity contribution in [3.05, 3.63) is 18.2 Å². The number of aromatic nitrogens is 2. The Bertz CT molecular complexity index is 865. The summed E-state index contributed by atoms with van der Waals surface area (Å²) in [7, 11) is 0. The zero-order valence-electron chi connectivity index (χ0n) is 20.8. The van der Waals surface area contributed by atoms with Crippen LogP contribution >= 0.6 is 0 Å². The minimum Gasteiger partial charge on any atom is -0.480 e. The monoisotopic (exact) mass is 525 g/mol. The number of unbranched alkanes of at least 4 members (excludes halogenated alkanes) is 2. The molecule has 1 heterocycles. The van der Waals surface area contributed by atoms with E-state index in [4.69, 9.17) is 22.3 Å². The molecule has 3 atom stereocenters. The number of carbonyl (C=O) groups excluding carboxylic acids is 4. The SMILES string of the molecule is NCCCCC(N)C(=O)NC(Cc1cnc[nH]1)C(=O)NCC(=O)NC(CCCCN)C(=O)NCC(=O)O. The van der Waals surface area contributed by atoms with Gasteiger partial charge in [-0.1, -0.05) is 6.42 Å². The van der Waals surface area contributed by atoms with Crippen LogP contribution in [0.2, 0.25) is 0 Å². The zero-order chi connectivity index (χ0) is 27.6. The summed E-state index contributed by atoms with van der Waals surface area (Å²) in [5.41, 5.74) is 17.4. The van der Waals surface area contributed by atoms with E-state index >= 15 is 0 Å². The lowest BCUT2D eigenvalue weighted by Gasteiger charge is -2.21. The Morgan fingerprint density at radius 3 is 2.08 bits per heavy atom. The molecule has 15 nitrogen and oxygen atoms in total. The second-order valence-corrected chi connectivity index (χ2v) is 8.47. The Balaban J connectivity index is 2.74. The summed E-state index contributed by atoms with van der Waals surface area (Å²) in [5.74, 6) is -3.70. The minimum atomic E-state index is -1.22. The van der Waals surface area contributed by atoms with Crippen molar-refractivity contribution in [1.82, 2.24) is 31.2 Å². The molecular weight excluding hydrogens is 486 g/mol. The Labute approximate surface area is 215 Å². The average Bonchev–Trinajstić information content (AvgIpc) is 3.38. The van der Waals surface area contributed by atoms with Gasteiger partial charge in [0.05, 0.1) is 18.9 Å². The summed E-state index contributed by atoms with van der Waals surface area (Å²) in [6, 6.07) is -2.87. The lowest BCUT2D eigenvalue weighted by Crippen LogP contribution is -2.54. The van der Waals surface area contributed by atoms with Crippen molar-refractivity contribution in [1.29, 1.82) is 0 Å². The van der Waals surface area contributed by atoms with Crippen LogP contribution in [0.15, 0.2) is 12.5 Å². The van der Waals surface area contributed by atoms with Gasteiger partial charge in [-0.3, -0.25) is 24.0 Å². The molecule has 1 aromatic heterocycles. The molecule has 3 unspecified atom stereocenters. The highest BCUT2D eigenvalue weighted by Gasteiger charge is 2.26. The number of nitrogens with zero attached hydrogens (tertiary/aromatic N) is 1. The number of nitrogens with one attached hydrogen (secondary N) is 5. The fourth-order valence-electron chi connectivity index (χ4n) is 3.33. The first-order chi connectivity index (χ1) is 17.7. The van der Waals surface area contributed by atoms with E-state index in [9.17, 15) is 24.0 Å². The molecule has 0 spiro atoms. The van der Waals surface area contributed by atoms with Gasteiger partial charge in [0, 0.05) is 18.3 Å². The van der Waals surface area contributed by atoms with Crippen molar-refractivity contribution < 1.29 is 29.1 Å². The smallest absolute Gasteiger partial charge is 0.322 e. The van der Waals surface area contributed by atoms with Crippen LogP contribution in [0.4, 0.5) is 0 Å². The number of amides is 4. The van der Waals surface area contributed by atoms with E-state index < -0.39 is 60.8 Å². The van der Waals surface area contributed by atoms with Crippen LogP contribution < -0.4 is 38.5 Å². The van der Waals surface area contributed by atoms with E-state index in [-0.39, 0.29) is 12.8 Å². The Hall–Kier alpha value is -3.56. The highest BCUT2D eigenvalue weighted by molar-refractivity contribution is 5.93. The van der Waals surface area contributed by atoms with Gasteiger partial charge in [-0.15, -0.1) is 0 Å². The fraction of sp³-hybridized carbons (Fsp3) is 0.636. The molecule has 15 heteroatoms. The fourth-order valence-corrected chi connectivity index (χ4v) is 3.33. The topological polar surface area (TPSA) is 260 Å². The lowest BCUT2D eigenvalue weighted by molar-refractivity contribution is -0.138. The van der Waals surface area contributed by atoms with E-state index in [1.165, 1.54) is 12.5 Å². The Kier molecular flexibility index (Phi) is 15.1. The van der Waals surface area contributed by atoms with E-state index in [0.29, 0.717) is 44.5 Å². The number of nitrogens with two attached hydrogens (primary N) is 3. The van der Waals surface area contributed by atoms with Gasteiger partial charge in [-0.05, 0) is 45.2 Å². The minimum absolute atomic E-state index is 0.0774. The Morgan fingerprint density at radius 1 is 0.865 bits per heavy atom. The van der Waals surface area contributed by atoms with Crippen LogP contribution in [0, 0.1) is 0 Å². The maximum absolute atomic E-state index is 12.8. The van der Waals surface area contributed by atoms with Crippen molar-refractivity contribution in [2.45, 2.75) is 63.1 Å². The molecule has 0 fully saturated rings. The number of H-pyrrole nitrogens is 1. The van der Waals surface area contributed by atoms with Crippen molar-refractivity contribution >= 4 is 29.6 Å². The molecule has 0 radical (unpaired) electrons. The maximum atomic E-state index is 12.8. The van der Waals surface area contributed by atoms with E-state index in [1.807, 2.05) is 0 Å². The zero-order valence-corrected chi connectivity index (χ0v) is 20.8. The normalized spacial score (nSPS) is 13.2.